The van der Waals surface area contributed by atoms with E-state index in [0.29, 0.717) is 12.5 Å². The quantitative estimate of drug-likeness (QED) is 0.769. The lowest BCUT2D eigenvalue weighted by molar-refractivity contribution is 0.686. The van der Waals surface area contributed by atoms with Gasteiger partial charge >= 0.3 is 0 Å². The third-order valence-electron chi connectivity index (χ3n) is 2.89. The molecule has 0 saturated heterocycles. The van der Waals surface area contributed by atoms with Crippen molar-refractivity contribution in [1.82, 2.24) is 19.7 Å². The highest BCUT2D eigenvalue weighted by Gasteiger charge is 2.00. The van der Waals surface area contributed by atoms with Crippen molar-refractivity contribution in [2.45, 2.75) is 13.1 Å². The molecule has 0 amide bonds. The lowest BCUT2D eigenvalue weighted by Crippen LogP contribution is -2.02. The predicted molar refractivity (Wildman–Crippen MR) is 77.1 cm³/mol. The zero-order valence-electron chi connectivity index (χ0n) is 11.0. The second kappa shape index (κ2) is 5.97. The van der Waals surface area contributed by atoms with Gasteiger partial charge in [0.25, 0.3) is 0 Å². The molecule has 0 atom stereocenters. The second-order valence-corrected chi connectivity index (χ2v) is 4.46. The molecule has 5 nitrogen and oxygen atoms in total. The molecule has 1 N–H and O–H groups in total. The van der Waals surface area contributed by atoms with Gasteiger partial charge in [0.05, 0.1) is 12.7 Å². The molecule has 2 heterocycles. The van der Waals surface area contributed by atoms with E-state index in [4.69, 9.17) is 0 Å². The van der Waals surface area contributed by atoms with Crippen molar-refractivity contribution in [1.29, 1.82) is 0 Å². The van der Waals surface area contributed by atoms with Crippen molar-refractivity contribution < 1.29 is 0 Å². The Balaban J connectivity index is 1.60. The fourth-order valence-electron chi connectivity index (χ4n) is 1.93. The maximum Gasteiger partial charge on any atom is 0.222 e. The van der Waals surface area contributed by atoms with Crippen LogP contribution in [0.2, 0.25) is 0 Å². The first-order valence-electron chi connectivity index (χ1n) is 6.46. The lowest BCUT2D eigenvalue weighted by atomic mass is 10.2. The van der Waals surface area contributed by atoms with Crippen LogP contribution in [0.3, 0.4) is 0 Å². The number of anilines is 1. The molecule has 0 aliphatic rings. The van der Waals surface area contributed by atoms with E-state index in [1.165, 1.54) is 5.56 Å². The van der Waals surface area contributed by atoms with Crippen LogP contribution in [0, 0.1) is 0 Å². The summed E-state index contributed by atoms with van der Waals surface area (Å²) in [4.78, 5) is 8.24. The molecule has 0 spiro atoms. The third kappa shape index (κ3) is 3.20. The molecule has 20 heavy (non-hydrogen) atoms. The maximum absolute atomic E-state index is 4.36. The first-order valence-corrected chi connectivity index (χ1v) is 6.46. The Kier molecular flexibility index (Phi) is 3.68. The number of benzene rings is 1. The smallest absolute Gasteiger partial charge is 0.222 e. The van der Waals surface area contributed by atoms with Crippen molar-refractivity contribution in [2.75, 3.05) is 5.32 Å². The fourth-order valence-corrected chi connectivity index (χ4v) is 1.93. The van der Waals surface area contributed by atoms with Crippen molar-refractivity contribution >= 4 is 5.95 Å². The van der Waals surface area contributed by atoms with E-state index in [9.17, 15) is 0 Å². The van der Waals surface area contributed by atoms with Crippen LogP contribution >= 0.6 is 0 Å². The summed E-state index contributed by atoms with van der Waals surface area (Å²) in [5.74, 6) is 0.628. The summed E-state index contributed by atoms with van der Waals surface area (Å²) in [7, 11) is 0. The number of hydrogen-bond donors (Lipinski definition) is 1. The van der Waals surface area contributed by atoms with E-state index in [0.717, 1.165) is 12.1 Å². The third-order valence-corrected chi connectivity index (χ3v) is 2.89. The Morgan fingerprint density at radius 2 is 1.75 bits per heavy atom. The van der Waals surface area contributed by atoms with Gasteiger partial charge in [-0.15, -0.1) is 0 Å². The molecule has 3 rings (SSSR count). The summed E-state index contributed by atoms with van der Waals surface area (Å²) in [5, 5.41) is 7.52. The van der Waals surface area contributed by atoms with E-state index in [1.807, 2.05) is 35.3 Å². The SMILES string of the molecule is c1ccc(Cn2cc(CNc3ncccn3)cn2)cc1. The van der Waals surface area contributed by atoms with Gasteiger partial charge in [-0.25, -0.2) is 9.97 Å². The molecule has 0 saturated carbocycles. The van der Waals surface area contributed by atoms with Crippen LogP contribution in [0.1, 0.15) is 11.1 Å². The molecule has 3 aromatic rings. The number of aromatic nitrogens is 4. The molecule has 0 fully saturated rings. The summed E-state index contributed by atoms with van der Waals surface area (Å²) >= 11 is 0. The lowest BCUT2D eigenvalue weighted by Gasteiger charge is -2.02. The summed E-state index contributed by atoms with van der Waals surface area (Å²) < 4.78 is 1.93. The van der Waals surface area contributed by atoms with Gasteiger partial charge < -0.3 is 5.32 Å². The highest BCUT2D eigenvalue weighted by Crippen LogP contribution is 2.05. The Bertz CT molecular complexity index is 648. The van der Waals surface area contributed by atoms with Gasteiger partial charge in [0.15, 0.2) is 0 Å². The molecule has 1 aromatic carbocycles. The highest BCUT2D eigenvalue weighted by atomic mass is 15.3. The second-order valence-electron chi connectivity index (χ2n) is 4.46. The minimum absolute atomic E-state index is 0.628. The van der Waals surface area contributed by atoms with E-state index in [1.54, 1.807) is 18.5 Å². The van der Waals surface area contributed by atoms with Crippen LogP contribution in [0.15, 0.2) is 61.2 Å². The van der Waals surface area contributed by atoms with Gasteiger partial charge in [-0.2, -0.15) is 5.10 Å². The highest BCUT2D eigenvalue weighted by molar-refractivity contribution is 5.24. The van der Waals surface area contributed by atoms with Crippen LogP contribution in [0.25, 0.3) is 0 Å². The number of nitrogens with one attached hydrogen (secondary N) is 1. The Morgan fingerprint density at radius 1 is 0.950 bits per heavy atom. The van der Waals surface area contributed by atoms with Gasteiger partial charge in [-0.3, -0.25) is 4.68 Å². The largest absolute Gasteiger partial charge is 0.350 e. The molecule has 0 bridgehead atoms. The van der Waals surface area contributed by atoms with Gasteiger partial charge in [-0.1, -0.05) is 30.3 Å². The normalized spacial score (nSPS) is 10.4. The summed E-state index contributed by atoms with van der Waals surface area (Å²) in [5.41, 5.74) is 2.34. The molecule has 5 heteroatoms. The van der Waals surface area contributed by atoms with E-state index in [2.05, 4.69) is 32.5 Å². The first kappa shape index (κ1) is 12.3. The van der Waals surface area contributed by atoms with Crippen LogP contribution < -0.4 is 5.32 Å². The monoisotopic (exact) mass is 265 g/mol. The molecule has 2 aromatic heterocycles. The average Bonchev–Trinajstić information content (AvgIpc) is 2.95. The Hall–Kier alpha value is -2.69. The van der Waals surface area contributed by atoms with Crippen LogP contribution in [0.4, 0.5) is 5.95 Å². The van der Waals surface area contributed by atoms with Crippen molar-refractivity contribution in [2.24, 2.45) is 0 Å². The topological polar surface area (TPSA) is 55.6 Å². The van der Waals surface area contributed by atoms with Crippen LogP contribution in [0.5, 0.6) is 0 Å². The molecule has 0 radical (unpaired) electrons. The van der Waals surface area contributed by atoms with Gasteiger partial charge in [0, 0.05) is 30.7 Å². The van der Waals surface area contributed by atoms with Gasteiger partial charge in [0.1, 0.15) is 0 Å². The van der Waals surface area contributed by atoms with E-state index < -0.39 is 0 Å². The van der Waals surface area contributed by atoms with Crippen LogP contribution in [-0.4, -0.2) is 19.7 Å². The number of hydrogen-bond acceptors (Lipinski definition) is 4. The molecular formula is C15H15N5. The van der Waals surface area contributed by atoms with Gasteiger partial charge in [-0.05, 0) is 11.6 Å². The average molecular weight is 265 g/mol. The molecule has 100 valence electrons. The first-order chi connectivity index (χ1) is 9.90. The van der Waals surface area contributed by atoms with Crippen molar-refractivity contribution in [3.8, 4) is 0 Å². The van der Waals surface area contributed by atoms with E-state index in [-0.39, 0.29) is 0 Å². The Labute approximate surface area is 117 Å². The summed E-state index contributed by atoms with van der Waals surface area (Å²) in [6.45, 7) is 1.45. The minimum Gasteiger partial charge on any atom is -0.350 e. The Morgan fingerprint density at radius 3 is 2.55 bits per heavy atom. The molecule has 0 aliphatic carbocycles. The summed E-state index contributed by atoms with van der Waals surface area (Å²) in [6, 6.07) is 12.1. The number of rotatable bonds is 5. The molecule has 0 aliphatic heterocycles. The van der Waals surface area contributed by atoms with Crippen molar-refractivity contribution in [3.63, 3.8) is 0 Å². The van der Waals surface area contributed by atoms with Gasteiger partial charge in [0.2, 0.25) is 5.95 Å². The minimum atomic E-state index is 0.628. The summed E-state index contributed by atoms with van der Waals surface area (Å²) in [6.07, 6.45) is 7.32. The number of nitrogens with zero attached hydrogens (tertiary/aromatic N) is 4. The maximum atomic E-state index is 4.36. The molecule has 0 unspecified atom stereocenters. The standard InChI is InChI=1S/C15H15N5/c1-2-5-13(6-3-1)11-20-12-14(10-19-20)9-18-15-16-7-4-8-17-15/h1-8,10,12H,9,11H2,(H,16,17,18). The predicted octanol–water partition coefficient (Wildman–Crippen LogP) is 2.33. The van der Waals surface area contributed by atoms with Crippen LogP contribution in [-0.2, 0) is 13.1 Å². The van der Waals surface area contributed by atoms with E-state index >= 15 is 0 Å². The molecular weight excluding hydrogens is 250 g/mol. The zero-order chi connectivity index (χ0) is 13.6. The van der Waals surface area contributed by atoms with Crippen molar-refractivity contribution in [3.05, 3.63) is 72.3 Å². The fraction of sp³-hybridized carbons (Fsp3) is 0.133. The zero-order valence-corrected chi connectivity index (χ0v) is 11.0.